The van der Waals surface area contributed by atoms with E-state index >= 15 is 0 Å². The SMILES string of the molecule is CN(C)C(CN1Cc2ccccc2C1)c1ccccc1. The van der Waals surface area contributed by atoms with Crippen LogP contribution < -0.4 is 0 Å². The predicted octanol–water partition coefficient (Wildman–Crippen LogP) is 3.31. The smallest absolute Gasteiger partial charge is 0.0469 e. The van der Waals surface area contributed by atoms with Crippen LogP contribution in [0.2, 0.25) is 0 Å². The van der Waals surface area contributed by atoms with Gasteiger partial charge in [0.25, 0.3) is 0 Å². The molecule has 0 saturated heterocycles. The van der Waals surface area contributed by atoms with Gasteiger partial charge in [-0.3, -0.25) is 4.90 Å². The van der Waals surface area contributed by atoms with E-state index in [4.69, 9.17) is 0 Å². The van der Waals surface area contributed by atoms with Crippen LogP contribution in [0.5, 0.6) is 0 Å². The molecule has 1 aliphatic heterocycles. The van der Waals surface area contributed by atoms with Crippen LogP contribution in [0, 0.1) is 0 Å². The molecule has 2 nitrogen and oxygen atoms in total. The first kappa shape index (κ1) is 13.3. The van der Waals surface area contributed by atoms with Gasteiger partial charge in [-0.15, -0.1) is 0 Å². The van der Waals surface area contributed by atoms with Gasteiger partial charge in [-0.2, -0.15) is 0 Å². The average Bonchev–Trinajstić information content (AvgIpc) is 2.88. The summed E-state index contributed by atoms with van der Waals surface area (Å²) in [6.45, 7) is 3.23. The van der Waals surface area contributed by atoms with Crippen molar-refractivity contribution in [2.45, 2.75) is 19.1 Å². The zero-order valence-corrected chi connectivity index (χ0v) is 12.3. The molecule has 104 valence electrons. The van der Waals surface area contributed by atoms with Crippen LogP contribution in [0.4, 0.5) is 0 Å². The van der Waals surface area contributed by atoms with Crippen LogP contribution in [0.3, 0.4) is 0 Å². The molecule has 3 rings (SSSR count). The Morgan fingerprint density at radius 2 is 1.45 bits per heavy atom. The van der Waals surface area contributed by atoms with Gasteiger partial charge in [0.1, 0.15) is 0 Å². The number of likely N-dealkylation sites (N-methyl/N-ethyl adjacent to an activating group) is 1. The number of benzene rings is 2. The summed E-state index contributed by atoms with van der Waals surface area (Å²) in [6, 6.07) is 20.0. The van der Waals surface area contributed by atoms with Crippen molar-refractivity contribution in [1.82, 2.24) is 9.80 Å². The molecular formula is C18H22N2. The molecule has 0 radical (unpaired) electrons. The first-order valence-electron chi connectivity index (χ1n) is 7.24. The lowest BCUT2D eigenvalue weighted by molar-refractivity contribution is 0.184. The Morgan fingerprint density at radius 1 is 0.900 bits per heavy atom. The quantitative estimate of drug-likeness (QED) is 0.837. The Kier molecular flexibility index (Phi) is 3.86. The zero-order chi connectivity index (χ0) is 13.9. The fourth-order valence-electron chi connectivity index (χ4n) is 3.02. The van der Waals surface area contributed by atoms with E-state index in [1.807, 2.05) is 0 Å². The molecule has 0 amide bonds. The molecule has 0 spiro atoms. The van der Waals surface area contributed by atoms with Gasteiger partial charge in [0.2, 0.25) is 0 Å². The highest BCUT2D eigenvalue weighted by Crippen LogP contribution is 2.26. The minimum absolute atomic E-state index is 0.450. The maximum atomic E-state index is 2.54. The fraction of sp³-hybridized carbons (Fsp3) is 0.333. The summed E-state index contributed by atoms with van der Waals surface area (Å²) in [4.78, 5) is 4.86. The first-order valence-corrected chi connectivity index (χ1v) is 7.24. The highest BCUT2D eigenvalue weighted by molar-refractivity contribution is 5.30. The van der Waals surface area contributed by atoms with Gasteiger partial charge in [-0.05, 0) is 30.8 Å². The summed E-state index contributed by atoms with van der Waals surface area (Å²) in [7, 11) is 4.34. The van der Waals surface area contributed by atoms with E-state index in [1.54, 1.807) is 0 Å². The highest BCUT2D eigenvalue weighted by atomic mass is 15.2. The summed E-state index contributed by atoms with van der Waals surface area (Å²) < 4.78 is 0. The number of rotatable bonds is 4. The van der Waals surface area contributed by atoms with Crippen molar-refractivity contribution in [2.75, 3.05) is 20.6 Å². The molecule has 0 aromatic heterocycles. The second kappa shape index (κ2) is 5.78. The summed E-state index contributed by atoms with van der Waals surface area (Å²) in [5, 5.41) is 0. The lowest BCUT2D eigenvalue weighted by Crippen LogP contribution is -2.31. The molecule has 1 aliphatic rings. The van der Waals surface area contributed by atoms with Crippen LogP contribution >= 0.6 is 0 Å². The van der Waals surface area contributed by atoms with Crippen molar-refractivity contribution in [2.24, 2.45) is 0 Å². The standard InChI is InChI=1S/C18H22N2/c1-19(2)18(15-8-4-3-5-9-15)14-20-12-16-10-6-7-11-17(16)13-20/h3-11,18H,12-14H2,1-2H3. The lowest BCUT2D eigenvalue weighted by Gasteiger charge is -2.29. The average molecular weight is 266 g/mol. The number of hydrogen-bond acceptors (Lipinski definition) is 2. The van der Waals surface area contributed by atoms with E-state index in [9.17, 15) is 0 Å². The van der Waals surface area contributed by atoms with Crippen LogP contribution in [0.15, 0.2) is 54.6 Å². The molecule has 2 aromatic rings. The fourth-order valence-corrected chi connectivity index (χ4v) is 3.02. The van der Waals surface area contributed by atoms with Gasteiger partial charge in [0.05, 0.1) is 0 Å². The molecule has 1 atom stereocenters. The van der Waals surface area contributed by atoms with E-state index in [-0.39, 0.29) is 0 Å². The maximum Gasteiger partial charge on any atom is 0.0469 e. The van der Waals surface area contributed by atoms with E-state index in [0.29, 0.717) is 6.04 Å². The topological polar surface area (TPSA) is 6.48 Å². The Morgan fingerprint density at radius 3 is 2.00 bits per heavy atom. The lowest BCUT2D eigenvalue weighted by atomic mass is 10.1. The second-order valence-electron chi connectivity index (χ2n) is 5.83. The van der Waals surface area contributed by atoms with Gasteiger partial charge in [-0.25, -0.2) is 0 Å². The maximum absolute atomic E-state index is 2.54. The largest absolute Gasteiger partial charge is 0.301 e. The van der Waals surface area contributed by atoms with E-state index in [1.165, 1.54) is 16.7 Å². The van der Waals surface area contributed by atoms with Gasteiger partial charge >= 0.3 is 0 Å². The molecule has 0 saturated carbocycles. The van der Waals surface area contributed by atoms with Crippen molar-refractivity contribution in [1.29, 1.82) is 0 Å². The molecule has 2 heteroatoms. The van der Waals surface area contributed by atoms with Crippen molar-refractivity contribution in [3.63, 3.8) is 0 Å². The first-order chi connectivity index (χ1) is 9.74. The van der Waals surface area contributed by atoms with Crippen LogP contribution in [-0.4, -0.2) is 30.4 Å². The zero-order valence-electron chi connectivity index (χ0n) is 12.3. The number of fused-ring (bicyclic) bond motifs is 1. The molecule has 0 bridgehead atoms. The van der Waals surface area contributed by atoms with Crippen molar-refractivity contribution in [3.05, 3.63) is 71.3 Å². The third-order valence-electron chi connectivity index (χ3n) is 4.15. The molecule has 1 unspecified atom stereocenters. The third-order valence-corrected chi connectivity index (χ3v) is 4.15. The summed E-state index contributed by atoms with van der Waals surface area (Å²) in [5.41, 5.74) is 4.37. The summed E-state index contributed by atoms with van der Waals surface area (Å²) in [6.07, 6.45) is 0. The van der Waals surface area contributed by atoms with Gasteiger partial charge in [-0.1, -0.05) is 54.6 Å². The second-order valence-corrected chi connectivity index (χ2v) is 5.83. The molecule has 0 aliphatic carbocycles. The van der Waals surface area contributed by atoms with Gasteiger partial charge < -0.3 is 4.90 Å². The van der Waals surface area contributed by atoms with E-state index in [2.05, 4.69) is 78.5 Å². The van der Waals surface area contributed by atoms with Crippen LogP contribution in [-0.2, 0) is 13.1 Å². The number of hydrogen-bond donors (Lipinski definition) is 0. The minimum Gasteiger partial charge on any atom is -0.301 e. The van der Waals surface area contributed by atoms with Crippen molar-refractivity contribution >= 4 is 0 Å². The molecule has 20 heavy (non-hydrogen) atoms. The summed E-state index contributed by atoms with van der Waals surface area (Å²) >= 11 is 0. The molecule has 0 fully saturated rings. The molecule has 0 N–H and O–H groups in total. The highest BCUT2D eigenvalue weighted by Gasteiger charge is 2.23. The van der Waals surface area contributed by atoms with Gasteiger partial charge in [0.15, 0.2) is 0 Å². The molecule has 2 aromatic carbocycles. The van der Waals surface area contributed by atoms with Crippen molar-refractivity contribution in [3.8, 4) is 0 Å². The Bertz CT molecular complexity index is 538. The number of nitrogens with zero attached hydrogens (tertiary/aromatic N) is 2. The monoisotopic (exact) mass is 266 g/mol. The van der Waals surface area contributed by atoms with E-state index < -0.39 is 0 Å². The predicted molar refractivity (Wildman–Crippen MR) is 83.4 cm³/mol. The van der Waals surface area contributed by atoms with Gasteiger partial charge in [0, 0.05) is 25.7 Å². The molecular weight excluding hydrogens is 244 g/mol. The van der Waals surface area contributed by atoms with E-state index in [0.717, 1.165) is 19.6 Å². The normalized spacial score (nSPS) is 16.4. The van der Waals surface area contributed by atoms with Crippen LogP contribution in [0.1, 0.15) is 22.7 Å². The molecule has 1 heterocycles. The van der Waals surface area contributed by atoms with Crippen molar-refractivity contribution < 1.29 is 0 Å². The Hall–Kier alpha value is -1.64. The minimum atomic E-state index is 0.450. The Labute approximate surface area is 121 Å². The summed E-state index contributed by atoms with van der Waals surface area (Å²) in [5.74, 6) is 0. The third kappa shape index (κ3) is 2.77. The van der Waals surface area contributed by atoms with Crippen LogP contribution in [0.25, 0.3) is 0 Å². The Balaban J connectivity index is 1.73.